The first-order chi connectivity index (χ1) is 12.8. The molecular weight excluding hydrogens is 348 g/mol. The van der Waals surface area contributed by atoms with Crippen molar-refractivity contribution in [1.82, 2.24) is 9.97 Å². The van der Waals surface area contributed by atoms with E-state index in [9.17, 15) is 4.79 Å². The number of morpholine rings is 1. The molecule has 140 valence electrons. The predicted molar refractivity (Wildman–Crippen MR) is 106 cm³/mol. The van der Waals surface area contributed by atoms with Crippen LogP contribution in [0.2, 0.25) is 0 Å². The Morgan fingerprint density at radius 3 is 2.92 bits per heavy atom. The largest absolute Gasteiger partial charge is 0.378 e. The third-order valence-electron chi connectivity index (χ3n) is 5.25. The highest BCUT2D eigenvalue weighted by molar-refractivity contribution is 7.07. The summed E-state index contributed by atoms with van der Waals surface area (Å²) in [5.41, 5.74) is 1.30. The van der Waals surface area contributed by atoms with Crippen LogP contribution >= 0.6 is 11.3 Å². The molecule has 2 aromatic rings. The van der Waals surface area contributed by atoms with Gasteiger partial charge in [-0.3, -0.25) is 9.78 Å². The monoisotopic (exact) mass is 374 g/mol. The van der Waals surface area contributed by atoms with Crippen LogP contribution in [0.4, 0.5) is 11.8 Å². The van der Waals surface area contributed by atoms with E-state index in [4.69, 9.17) is 9.72 Å². The number of aromatic amines is 1. The lowest BCUT2D eigenvalue weighted by Crippen LogP contribution is -2.40. The molecule has 2 aliphatic rings. The average molecular weight is 375 g/mol. The Labute approximate surface area is 157 Å². The smallest absolute Gasteiger partial charge is 0.254 e. The first-order valence-electron chi connectivity index (χ1n) is 9.51. The molecule has 0 bridgehead atoms. The fourth-order valence-corrected chi connectivity index (χ4v) is 4.55. The number of hydrogen-bond donors (Lipinski definition) is 1. The zero-order valence-electron chi connectivity index (χ0n) is 15.0. The molecule has 0 aromatic carbocycles. The zero-order valence-corrected chi connectivity index (χ0v) is 15.8. The molecule has 0 unspecified atom stereocenters. The predicted octanol–water partition coefficient (Wildman–Crippen LogP) is 2.66. The molecule has 2 aliphatic heterocycles. The minimum absolute atomic E-state index is 0.0741. The second-order valence-corrected chi connectivity index (χ2v) is 7.84. The normalized spacial score (nSPS) is 21.6. The summed E-state index contributed by atoms with van der Waals surface area (Å²) in [7, 11) is 0. The molecule has 7 heteroatoms. The van der Waals surface area contributed by atoms with Gasteiger partial charge in [0, 0.05) is 31.7 Å². The van der Waals surface area contributed by atoms with Crippen molar-refractivity contribution in [3.05, 3.63) is 38.8 Å². The van der Waals surface area contributed by atoms with Crippen LogP contribution < -0.4 is 15.4 Å². The highest BCUT2D eigenvalue weighted by Gasteiger charge is 2.25. The summed E-state index contributed by atoms with van der Waals surface area (Å²) in [4.78, 5) is 24.6. The van der Waals surface area contributed by atoms with Crippen molar-refractivity contribution in [1.29, 1.82) is 0 Å². The van der Waals surface area contributed by atoms with Gasteiger partial charge >= 0.3 is 0 Å². The van der Waals surface area contributed by atoms with Gasteiger partial charge in [-0.15, -0.1) is 0 Å². The Hall–Kier alpha value is -1.86. The van der Waals surface area contributed by atoms with E-state index in [0.29, 0.717) is 19.3 Å². The average Bonchev–Trinajstić information content (AvgIpc) is 3.06. The Balaban J connectivity index is 1.62. The van der Waals surface area contributed by atoms with Gasteiger partial charge in [-0.25, -0.2) is 0 Å². The lowest BCUT2D eigenvalue weighted by atomic mass is 10.0. The van der Waals surface area contributed by atoms with Crippen molar-refractivity contribution < 1.29 is 4.74 Å². The molecule has 1 N–H and O–H groups in total. The number of anilines is 2. The van der Waals surface area contributed by atoms with Gasteiger partial charge < -0.3 is 14.5 Å². The van der Waals surface area contributed by atoms with Crippen LogP contribution in [0, 0.1) is 0 Å². The Morgan fingerprint density at radius 1 is 1.23 bits per heavy atom. The van der Waals surface area contributed by atoms with Crippen LogP contribution in [-0.4, -0.2) is 48.9 Å². The van der Waals surface area contributed by atoms with Crippen LogP contribution in [0.25, 0.3) is 0 Å². The van der Waals surface area contributed by atoms with Crippen molar-refractivity contribution in [3.8, 4) is 0 Å². The molecule has 0 amide bonds. The maximum Gasteiger partial charge on any atom is 0.254 e. The van der Waals surface area contributed by atoms with Gasteiger partial charge in [0.25, 0.3) is 5.56 Å². The third-order valence-corrected chi connectivity index (χ3v) is 5.98. The van der Waals surface area contributed by atoms with Crippen LogP contribution in [0.15, 0.2) is 27.7 Å². The fraction of sp³-hybridized carbons (Fsp3) is 0.579. The zero-order chi connectivity index (χ0) is 17.8. The molecule has 2 fully saturated rings. The molecule has 1 atom stereocenters. The number of H-pyrrole nitrogens is 1. The molecular formula is C19H26N4O2S. The number of ether oxygens (including phenoxy) is 1. The minimum Gasteiger partial charge on any atom is -0.378 e. The summed E-state index contributed by atoms with van der Waals surface area (Å²) in [6.45, 7) is 3.90. The topological polar surface area (TPSA) is 61.5 Å². The van der Waals surface area contributed by atoms with Gasteiger partial charge in [0.2, 0.25) is 5.95 Å². The molecule has 2 saturated heterocycles. The van der Waals surface area contributed by atoms with Gasteiger partial charge in [0.1, 0.15) is 5.82 Å². The van der Waals surface area contributed by atoms with Crippen molar-refractivity contribution in [2.75, 3.05) is 42.6 Å². The van der Waals surface area contributed by atoms with Gasteiger partial charge in [0.05, 0.1) is 13.2 Å². The van der Waals surface area contributed by atoms with E-state index >= 15 is 0 Å². The van der Waals surface area contributed by atoms with Crippen LogP contribution in [0.3, 0.4) is 0 Å². The van der Waals surface area contributed by atoms with Crippen LogP contribution in [0.5, 0.6) is 0 Å². The molecule has 6 nitrogen and oxygen atoms in total. The summed E-state index contributed by atoms with van der Waals surface area (Å²) in [5.74, 6) is 1.49. The van der Waals surface area contributed by atoms with Crippen molar-refractivity contribution >= 4 is 23.1 Å². The van der Waals surface area contributed by atoms with E-state index < -0.39 is 0 Å². The quantitative estimate of drug-likeness (QED) is 0.891. The van der Waals surface area contributed by atoms with Crippen molar-refractivity contribution in [2.45, 2.75) is 38.1 Å². The summed E-state index contributed by atoms with van der Waals surface area (Å²) in [6, 6.07) is 4.20. The number of thiophene rings is 1. The Kier molecular flexibility index (Phi) is 5.55. The summed E-state index contributed by atoms with van der Waals surface area (Å²) < 4.78 is 5.43. The van der Waals surface area contributed by atoms with E-state index in [1.165, 1.54) is 18.4 Å². The molecule has 4 rings (SSSR count). The van der Waals surface area contributed by atoms with E-state index in [1.54, 1.807) is 17.4 Å². The maximum atomic E-state index is 12.3. The number of nitrogens with zero attached hydrogens (tertiary/aromatic N) is 3. The van der Waals surface area contributed by atoms with Gasteiger partial charge in [0.15, 0.2) is 0 Å². The highest BCUT2D eigenvalue weighted by Crippen LogP contribution is 2.25. The van der Waals surface area contributed by atoms with Gasteiger partial charge in [-0.2, -0.15) is 16.3 Å². The van der Waals surface area contributed by atoms with Gasteiger partial charge in [-0.1, -0.05) is 12.8 Å². The third kappa shape index (κ3) is 4.10. The SMILES string of the molecule is O=c1cc(N2CCOCC2)nc(N2CCCCC[C@@H]2Cc2ccsc2)[nH]1. The second-order valence-electron chi connectivity index (χ2n) is 7.06. The molecule has 4 heterocycles. The molecule has 0 spiro atoms. The standard InChI is InChI=1S/C19H26N4O2S/c24-18-13-17(22-7-9-25-10-8-22)20-19(21-18)23-6-3-1-2-4-16(23)12-15-5-11-26-14-15/h5,11,13-14,16H,1-4,6-10,12H2,(H,20,21,24)/t16-/m1/s1. The number of hydrogen-bond acceptors (Lipinski definition) is 6. The van der Waals surface area contributed by atoms with E-state index in [1.807, 2.05) is 0 Å². The summed E-state index contributed by atoms with van der Waals surface area (Å²) >= 11 is 1.74. The maximum absolute atomic E-state index is 12.3. The van der Waals surface area contributed by atoms with E-state index in [2.05, 4.69) is 31.6 Å². The van der Waals surface area contributed by atoms with E-state index in [0.717, 1.165) is 50.7 Å². The molecule has 0 aliphatic carbocycles. The van der Waals surface area contributed by atoms with Crippen LogP contribution in [0.1, 0.15) is 31.2 Å². The lowest BCUT2D eigenvalue weighted by molar-refractivity contribution is 0.122. The Morgan fingerprint density at radius 2 is 2.12 bits per heavy atom. The summed E-state index contributed by atoms with van der Waals surface area (Å²) in [5, 5.41) is 4.36. The van der Waals surface area contributed by atoms with E-state index in [-0.39, 0.29) is 5.56 Å². The summed E-state index contributed by atoms with van der Waals surface area (Å²) in [6.07, 6.45) is 5.77. The first-order valence-corrected chi connectivity index (χ1v) is 10.5. The minimum atomic E-state index is -0.0741. The molecule has 2 aromatic heterocycles. The molecule has 26 heavy (non-hydrogen) atoms. The van der Waals surface area contributed by atoms with Crippen molar-refractivity contribution in [3.63, 3.8) is 0 Å². The first kappa shape index (κ1) is 17.5. The van der Waals surface area contributed by atoms with Gasteiger partial charge in [-0.05, 0) is 41.7 Å². The number of rotatable bonds is 4. The number of aromatic nitrogens is 2. The Bertz CT molecular complexity index is 755. The lowest BCUT2D eigenvalue weighted by Gasteiger charge is -2.32. The molecule has 0 radical (unpaired) electrons. The second kappa shape index (κ2) is 8.22. The number of nitrogens with one attached hydrogen (secondary N) is 1. The molecule has 0 saturated carbocycles. The highest BCUT2D eigenvalue weighted by atomic mass is 32.1. The van der Waals surface area contributed by atoms with Crippen LogP contribution in [-0.2, 0) is 11.2 Å². The fourth-order valence-electron chi connectivity index (χ4n) is 3.87. The van der Waals surface area contributed by atoms with Crippen molar-refractivity contribution in [2.24, 2.45) is 0 Å².